The number of rotatable bonds is 3. The van der Waals surface area contributed by atoms with Gasteiger partial charge in [-0.2, -0.15) is 0 Å². The molecule has 0 amide bonds. The van der Waals surface area contributed by atoms with E-state index in [9.17, 15) is 0 Å². The van der Waals surface area contributed by atoms with E-state index in [2.05, 4.69) is 43.6 Å². The van der Waals surface area contributed by atoms with Gasteiger partial charge in [0, 0.05) is 50.2 Å². The fourth-order valence-corrected chi connectivity index (χ4v) is 3.88. The van der Waals surface area contributed by atoms with Crippen molar-refractivity contribution in [3.05, 3.63) is 41.9 Å². The summed E-state index contributed by atoms with van der Waals surface area (Å²) in [6.45, 7) is 9.61. The number of nitrogens with zero attached hydrogens (tertiary/aromatic N) is 6. The molecule has 2 aliphatic rings. The Morgan fingerprint density at radius 1 is 1.00 bits per heavy atom. The van der Waals surface area contributed by atoms with Crippen LogP contribution < -0.4 is 4.90 Å². The van der Waals surface area contributed by atoms with E-state index in [0.717, 1.165) is 61.8 Å². The number of aromatic nitrogens is 4. The molecule has 6 heteroatoms. The van der Waals surface area contributed by atoms with Crippen molar-refractivity contribution in [3.63, 3.8) is 0 Å². The molecule has 0 radical (unpaired) electrons. The number of hydrogen-bond acceptors (Lipinski definition) is 6. The van der Waals surface area contributed by atoms with Gasteiger partial charge in [0.05, 0.1) is 5.69 Å². The van der Waals surface area contributed by atoms with Gasteiger partial charge in [-0.1, -0.05) is 0 Å². The molecule has 2 atom stereocenters. The quantitative estimate of drug-likeness (QED) is 0.855. The zero-order valence-electron chi connectivity index (χ0n) is 13.7. The fraction of sp³-hybridized carbons (Fsp3) is 0.529. The molecular weight excluding hydrogens is 288 g/mol. The van der Waals surface area contributed by atoms with Crippen LogP contribution in [0.5, 0.6) is 0 Å². The molecule has 2 fully saturated rings. The van der Waals surface area contributed by atoms with E-state index >= 15 is 0 Å². The van der Waals surface area contributed by atoms with Crippen molar-refractivity contribution >= 4 is 5.82 Å². The van der Waals surface area contributed by atoms with E-state index < -0.39 is 0 Å². The summed E-state index contributed by atoms with van der Waals surface area (Å²) >= 11 is 0. The van der Waals surface area contributed by atoms with Crippen molar-refractivity contribution in [3.8, 4) is 0 Å². The van der Waals surface area contributed by atoms with Crippen LogP contribution in [0, 0.1) is 25.7 Å². The fourth-order valence-electron chi connectivity index (χ4n) is 3.88. The van der Waals surface area contributed by atoms with Crippen molar-refractivity contribution < 1.29 is 0 Å². The van der Waals surface area contributed by atoms with Gasteiger partial charge in [0.25, 0.3) is 0 Å². The topological polar surface area (TPSA) is 58.0 Å². The Bertz CT molecular complexity index is 675. The van der Waals surface area contributed by atoms with Crippen LogP contribution in [-0.2, 0) is 6.54 Å². The molecule has 0 saturated carbocycles. The molecule has 0 spiro atoms. The minimum atomic E-state index is 0.728. The molecule has 2 aromatic heterocycles. The van der Waals surface area contributed by atoms with Crippen molar-refractivity contribution in [1.29, 1.82) is 0 Å². The van der Waals surface area contributed by atoms with Gasteiger partial charge in [-0.15, -0.1) is 0 Å². The van der Waals surface area contributed by atoms with Crippen molar-refractivity contribution in [1.82, 2.24) is 24.8 Å². The molecule has 2 aliphatic heterocycles. The van der Waals surface area contributed by atoms with Crippen LogP contribution >= 0.6 is 0 Å². The van der Waals surface area contributed by atoms with Gasteiger partial charge in [-0.25, -0.2) is 19.9 Å². The van der Waals surface area contributed by atoms with Gasteiger partial charge in [-0.3, -0.25) is 4.90 Å². The lowest BCUT2D eigenvalue weighted by Crippen LogP contribution is -2.29. The van der Waals surface area contributed by atoms with Gasteiger partial charge in [0.1, 0.15) is 18.5 Å². The second-order valence-electron chi connectivity index (χ2n) is 6.73. The summed E-state index contributed by atoms with van der Waals surface area (Å²) in [5, 5.41) is 0. The predicted octanol–water partition coefficient (Wildman–Crippen LogP) is 1.45. The zero-order chi connectivity index (χ0) is 15.8. The Hall–Kier alpha value is -2.08. The van der Waals surface area contributed by atoms with Crippen LogP contribution in [0.1, 0.15) is 17.0 Å². The Kier molecular flexibility index (Phi) is 3.69. The van der Waals surface area contributed by atoms with E-state index in [0.29, 0.717) is 0 Å². The summed E-state index contributed by atoms with van der Waals surface area (Å²) in [5.41, 5.74) is 3.40. The third-order valence-corrected chi connectivity index (χ3v) is 5.20. The average molecular weight is 310 g/mol. The monoisotopic (exact) mass is 310 g/mol. The van der Waals surface area contributed by atoms with Gasteiger partial charge in [0.2, 0.25) is 0 Å². The van der Waals surface area contributed by atoms with Gasteiger partial charge in [0.15, 0.2) is 0 Å². The molecule has 2 unspecified atom stereocenters. The molecule has 4 heterocycles. The molecule has 0 aromatic carbocycles. The van der Waals surface area contributed by atoms with Crippen molar-refractivity contribution in [2.75, 3.05) is 31.1 Å². The second kappa shape index (κ2) is 5.85. The smallest absolute Gasteiger partial charge is 0.135 e. The lowest BCUT2D eigenvalue weighted by Gasteiger charge is -2.23. The standard InChI is InChI=1S/C17H22N6/c1-12-13(2)19-11-21-17(12)23-7-14-5-22(6-15(14)8-23)9-16-3-4-18-10-20-16/h3-4,10-11,14-15H,5-9H2,1-2H3. The maximum absolute atomic E-state index is 4.52. The highest BCUT2D eigenvalue weighted by atomic mass is 15.3. The largest absolute Gasteiger partial charge is 0.356 e. The molecule has 0 aliphatic carbocycles. The van der Waals surface area contributed by atoms with Gasteiger partial charge < -0.3 is 4.90 Å². The van der Waals surface area contributed by atoms with E-state index in [4.69, 9.17) is 0 Å². The highest BCUT2D eigenvalue weighted by Crippen LogP contribution is 2.34. The minimum Gasteiger partial charge on any atom is -0.356 e. The molecule has 0 N–H and O–H groups in total. The highest BCUT2D eigenvalue weighted by Gasteiger charge is 2.40. The van der Waals surface area contributed by atoms with E-state index in [-0.39, 0.29) is 0 Å². The first-order valence-electron chi connectivity index (χ1n) is 8.21. The Morgan fingerprint density at radius 3 is 2.48 bits per heavy atom. The number of hydrogen-bond donors (Lipinski definition) is 0. The predicted molar refractivity (Wildman–Crippen MR) is 88.0 cm³/mol. The normalized spacial score (nSPS) is 24.2. The lowest BCUT2D eigenvalue weighted by atomic mass is 10.0. The van der Waals surface area contributed by atoms with Crippen molar-refractivity contribution in [2.24, 2.45) is 11.8 Å². The van der Waals surface area contributed by atoms with Crippen LogP contribution in [0.4, 0.5) is 5.82 Å². The average Bonchev–Trinajstić information content (AvgIpc) is 3.09. The first-order valence-corrected chi connectivity index (χ1v) is 8.21. The number of likely N-dealkylation sites (tertiary alicyclic amines) is 1. The van der Waals surface area contributed by atoms with E-state index in [1.54, 1.807) is 12.7 Å². The molecule has 2 aromatic rings. The lowest BCUT2D eigenvalue weighted by molar-refractivity contribution is 0.305. The molecule has 2 saturated heterocycles. The van der Waals surface area contributed by atoms with Crippen LogP contribution in [-0.4, -0.2) is 51.0 Å². The number of aryl methyl sites for hydroxylation is 1. The SMILES string of the molecule is Cc1ncnc(N2CC3CN(Cc4ccncn4)CC3C2)c1C. The Morgan fingerprint density at radius 2 is 1.78 bits per heavy atom. The van der Waals surface area contributed by atoms with Crippen LogP contribution in [0.3, 0.4) is 0 Å². The van der Waals surface area contributed by atoms with Gasteiger partial charge in [-0.05, 0) is 31.7 Å². The Labute approximate surface area is 136 Å². The first kappa shape index (κ1) is 14.5. The summed E-state index contributed by atoms with van der Waals surface area (Å²) in [6.07, 6.45) is 5.14. The molecule has 23 heavy (non-hydrogen) atoms. The van der Waals surface area contributed by atoms with E-state index in [1.165, 1.54) is 5.56 Å². The molecule has 4 rings (SSSR count). The number of fused-ring (bicyclic) bond motifs is 1. The molecule has 0 bridgehead atoms. The molecule has 6 nitrogen and oxygen atoms in total. The third kappa shape index (κ3) is 2.79. The zero-order valence-corrected chi connectivity index (χ0v) is 13.7. The summed E-state index contributed by atoms with van der Waals surface area (Å²) in [5.74, 6) is 2.58. The second-order valence-corrected chi connectivity index (χ2v) is 6.73. The third-order valence-electron chi connectivity index (χ3n) is 5.20. The highest BCUT2D eigenvalue weighted by molar-refractivity contribution is 5.48. The first-order chi connectivity index (χ1) is 11.2. The van der Waals surface area contributed by atoms with Crippen LogP contribution in [0.15, 0.2) is 24.9 Å². The Balaban J connectivity index is 1.41. The maximum Gasteiger partial charge on any atom is 0.135 e. The maximum atomic E-state index is 4.52. The van der Waals surface area contributed by atoms with Gasteiger partial charge >= 0.3 is 0 Å². The number of anilines is 1. The van der Waals surface area contributed by atoms with Crippen LogP contribution in [0.2, 0.25) is 0 Å². The minimum absolute atomic E-state index is 0.728. The van der Waals surface area contributed by atoms with E-state index in [1.807, 2.05) is 12.3 Å². The summed E-state index contributed by atoms with van der Waals surface area (Å²) in [6, 6.07) is 2.01. The summed E-state index contributed by atoms with van der Waals surface area (Å²) in [7, 11) is 0. The van der Waals surface area contributed by atoms with Crippen LogP contribution in [0.25, 0.3) is 0 Å². The summed E-state index contributed by atoms with van der Waals surface area (Å²) in [4.78, 5) is 22.1. The summed E-state index contributed by atoms with van der Waals surface area (Å²) < 4.78 is 0. The molecule has 120 valence electrons. The molecular formula is C17H22N6. The van der Waals surface area contributed by atoms with Crippen molar-refractivity contribution in [2.45, 2.75) is 20.4 Å².